The van der Waals surface area contributed by atoms with Gasteiger partial charge in [-0.05, 0) is 31.0 Å². The first-order chi connectivity index (χ1) is 11.5. The second kappa shape index (κ2) is 5.96. The lowest BCUT2D eigenvalue weighted by Gasteiger charge is -2.25. The zero-order chi connectivity index (χ0) is 17.3. The van der Waals surface area contributed by atoms with Crippen LogP contribution in [0.1, 0.15) is 35.0 Å². The first kappa shape index (κ1) is 16.0. The molecule has 3 rings (SSSR count). The zero-order valence-electron chi connectivity index (χ0n) is 13.6. The van der Waals surface area contributed by atoms with Crippen LogP contribution in [-0.4, -0.2) is 34.2 Å². The van der Waals surface area contributed by atoms with Crippen LogP contribution in [-0.2, 0) is 10.3 Å². The maximum Gasteiger partial charge on any atom is 0.325 e. The number of nitrogens with zero attached hydrogens (tertiary/aromatic N) is 1. The third kappa shape index (κ3) is 2.50. The van der Waals surface area contributed by atoms with Crippen molar-refractivity contribution in [1.82, 2.24) is 15.2 Å². The van der Waals surface area contributed by atoms with E-state index in [1.807, 2.05) is 38.1 Å². The molecule has 1 atom stereocenters. The first-order valence-corrected chi connectivity index (χ1v) is 7.86. The lowest BCUT2D eigenvalue weighted by Crippen LogP contribution is -2.43. The highest BCUT2D eigenvalue weighted by atomic mass is 16.2. The van der Waals surface area contributed by atoms with Crippen molar-refractivity contribution in [1.29, 1.82) is 0 Å². The van der Waals surface area contributed by atoms with Crippen LogP contribution < -0.4 is 5.32 Å². The summed E-state index contributed by atoms with van der Waals surface area (Å²) in [5, 5.41) is 2.78. The summed E-state index contributed by atoms with van der Waals surface area (Å²) in [6, 6.07) is 10.3. The van der Waals surface area contributed by atoms with Crippen molar-refractivity contribution >= 4 is 17.7 Å². The van der Waals surface area contributed by atoms with E-state index in [9.17, 15) is 14.4 Å². The van der Waals surface area contributed by atoms with Crippen LogP contribution >= 0.6 is 0 Å². The number of urea groups is 1. The summed E-state index contributed by atoms with van der Waals surface area (Å²) in [5.41, 5.74) is 1.06. The number of imide groups is 1. The van der Waals surface area contributed by atoms with Crippen molar-refractivity contribution in [2.45, 2.75) is 25.8 Å². The smallest absolute Gasteiger partial charge is 0.325 e. The van der Waals surface area contributed by atoms with E-state index in [4.69, 9.17) is 0 Å². The number of amides is 3. The van der Waals surface area contributed by atoms with Gasteiger partial charge in [0.25, 0.3) is 5.91 Å². The van der Waals surface area contributed by atoms with Gasteiger partial charge < -0.3 is 10.3 Å². The summed E-state index contributed by atoms with van der Waals surface area (Å²) in [6.07, 6.45) is 2.04. The van der Waals surface area contributed by atoms with E-state index in [2.05, 4.69) is 10.3 Å². The Balaban J connectivity index is 1.89. The molecular weight excluding hydrogens is 306 g/mol. The van der Waals surface area contributed by atoms with Gasteiger partial charge in [-0.25, -0.2) is 4.79 Å². The highest BCUT2D eigenvalue weighted by Crippen LogP contribution is 2.32. The van der Waals surface area contributed by atoms with Crippen molar-refractivity contribution in [2.24, 2.45) is 0 Å². The third-order valence-corrected chi connectivity index (χ3v) is 4.45. The standard InChI is InChI=1S/C18H19N3O3/c1-3-18(13-8-6-12(2)7-9-13)16(23)21(17(24)20-18)11-15(22)14-5-4-10-19-14/h4-10,19H,3,11H2,1-2H3,(H,20,24). The summed E-state index contributed by atoms with van der Waals surface area (Å²) in [7, 11) is 0. The number of hydrogen-bond acceptors (Lipinski definition) is 3. The van der Waals surface area contributed by atoms with Gasteiger partial charge in [0, 0.05) is 6.20 Å². The molecular formula is C18H19N3O3. The van der Waals surface area contributed by atoms with E-state index in [0.29, 0.717) is 12.1 Å². The van der Waals surface area contributed by atoms with Gasteiger partial charge in [-0.15, -0.1) is 0 Å². The summed E-state index contributed by atoms with van der Waals surface area (Å²) in [5.74, 6) is -0.696. The van der Waals surface area contributed by atoms with Gasteiger partial charge in [-0.3, -0.25) is 14.5 Å². The van der Waals surface area contributed by atoms with Crippen LogP contribution in [0.2, 0.25) is 0 Å². The Hall–Kier alpha value is -2.89. The summed E-state index contributed by atoms with van der Waals surface area (Å²) >= 11 is 0. The van der Waals surface area contributed by atoms with Crippen molar-refractivity contribution in [2.75, 3.05) is 6.54 Å². The number of aromatic nitrogens is 1. The fraction of sp³-hybridized carbons (Fsp3) is 0.278. The molecule has 24 heavy (non-hydrogen) atoms. The number of aryl methyl sites for hydroxylation is 1. The van der Waals surface area contributed by atoms with Gasteiger partial charge >= 0.3 is 6.03 Å². The topological polar surface area (TPSA) is 82.3 Å². The van der Waals surface area contributed by atoms with Gasteiger partial charge in [-0.2, -0.15) is 0 Å². The van der Waals surface area contributed by atoms with E-state index in [-0.39, 0.29) is 12.3 Å². The fourth-order valence-electron chi connectivity index (χ4n) is 2.98. The Bertz CT molecular complexity index is 780. The van der Waals surface area contributed by atoms with Crippen LogP contribution in [0.4, 0.5) is 4.79 Å². The molecule has 1 aromatic carbocycles. The number of carbonyl (C=O) groups excluding carboxylic acids is 3. The number of ketones is 1. The quantitative estimate of drug-likeness (QED) is 0.654. The molecule has 1 aromatic heterocycles. The number of nitrogens with one attached hydrogen (secondary N) is 2. The lowest BCUT2D eigenvalue weighted by molar-refractivity contribution is -0.131. The molecule has 6 nitrogen and oxygen atoms in total. The number of hydrogen-bond donors (Lipinski definition) is 2. The maximum atomic E-state index is 12.9. The summed E-state index contributed by atoms with van der Waals surface area (Å²) in [4.78, 5) is 41.3. The van der Waals surface area contributed by atoms with E-state index in [0.717, 1.165) is 16.0 Å². The average Bonchev–Trinajstić information content (AvgIpc) is 3.19. The second-order valence-electron chi connectivity index (χ2n) is 5.95. The van der Waals surface area contributed by atoms with Crippen LogP contribution in [0.5, 0.6) is 0 Å². The average molecular weight is 325 g/mol. The highest BCUT2D eigenvalue weighted by molar-refractivity contribution is 6.11. The molecule has 1 saturated heterocycles. The largest absolute Gasteiger partial charge is 0.359 e. The van der Waals surface area contributed by atoms with Gasteiger partial charge in [0.05, 0.1) is 12.2 Å². The van der Waals surface area contributed by atoms with Crippen molar-refractivity contribution < 1.29 is 14.4 Å². The monoisotopic (exact) mass is 325 g/mol. The molecule has 0 aliphatic carbocycles. The molecule has 6 heteroatoms. The molecule has 1 aliphatic heterocycles. The maximum absolute atomic E-state index is 12.9. The normalized spacial score (nSPS) is 20.3. The highest BCUT2D eigenvalue weighted by Gasteiger charge is 2.51. The van der Waals surface area contributed by atoms with Gasteiger partial charge in [-0.1, -0.05) is 36.8 Å². The van der Waals surface area contributed by atoms with E-state index < -0.39 is 17.5 Å². The fourth-order valence-corrected chi connectivity index (χ4v) is 2.98. The Kier molecular flexibility index (Phi) is 3.97. The van der Waals surface area contributed by atoms with Gasteiger partial charge in [0.1, 0.15) is 5.54 Å². The molecule has 0 saturated carbocycles. The predicted octanol–water partition coefficient (Wildman–Crippen LogP) is 2.36. The van der Waals surface area contributed by atoms with Crippen molar-refractivity contribution in [3.8, 4) is 0 Å². The minimum atomic E-state index is -1.11. The van der Waals surface area contributed by atoms with Gasteiger partial charge in [0.2, 0.25) is 0 Å². The van der Waals surface area contributed by atoms with Crippen molar-refractivity contribution in [3.05, 3.63) is 59.4 Å². The molecule has 1 fully saturated rings. The Morgan fingerprint density at radius 1 is 1.17 bits per heavy atom. The molecule has 1 aliphatic rings. The number of H-pyrrole nitrogens is 1. The van der Waals surface area contributed by atoms with E-state index in [1.54, 1.807) is 18.3 Å². The Morgan fingerprint density at radius 2 is 1.88 bits per heavy atom. The van der Waals surface area contributed by atoms with Crippen LogP contribution in [0.25, 0.3) is 0 Å². The number of aromatic amines is 1. The van der Waals surface area contributed by atoms with Crippen LogP contribution in [0.15, 0.2) is 42.6 Å². The number of benzene rings is 1. The summed E-state index contributed by atoms with van der Waals surface area (Å²) in [6.45, 7) is 3.52. The van der Waals surface area contributed by atoms with E-state index in [1.165, 1.54) is 0 Å². The Morgan fingerprint density at radius 3 is 2.46 bits per heavy atom. The first-order valence-electron chi connectivity index (χ1n) is 7.86. The minimum Gasteiger partial charge on any atom is -0.359 e. The van der Waals surface area contributed by atoms with Crippen LogP contribution in [0, 0.1) is 6.92 Å². The molecule has 2 heterocycles. The molecule has 0 radical (unpaired) electrons. The number of rotatable bonds is 5. The van der Waals surface area contributed by atoms with Crippen LogP contribution in [0.3, 0.4) is 0 Å². The zero-order valence-corrected chi connectivity index (χ0v) is 13.6. The Labute approximate surface area is 139 Å². The molecule has 124 valence electrons. The lowest BCUT2D eigenvalue weighted by atomic mass is 9.86. The van der Waals surface area contributed by atoms with Gasteiger partial charge in [0.15, 0.2) is 5.78 Å². The molecule has 2 aromatic rings. The predicted molar refractivity (Wildman–Crippen MR) is 88.5 cm³/mol. The number of carbonyl (C=O) groups is 3. The second-order valence-corrected chi connectivity index (χ2v) is 5.95. The molecule has 0 spiro atoms. The SMILES string of the molecule is CCC1(c2ccc(C)cc2)NC(=O)N(CC(=O)c2ccc[nH]2)C1=O. The molecule has 3 amide bonds. The molecule has 1 unspecified atom stereocenters. The number of Topliss-reactive ketones (excluding diaryl/α,β-unsaturated/α-hetero) is 1. The van der Waals surface area contributed by atoms with E-state index >= 15 is 0 Å². The summed E-state index contributed by atoms with van der Waals surface area (Å²) < 4.78 is 0. The molecule has 0 bridgehead atoms. The molecule has 2 N–H and O–H groups in total. The van der Waals surface area contributed by atoms with Crippen molar-refractivity contribution in [3.63, 3.8) is 0 Å². The minimum absolute atomic E-state index is 0.279. The third-order valence-electron chi connectivity index (χ3n) is 4.45.